The van der Waals surface area contributed by atoms with E-state index in [0.717, 1.165) is 29.5 Å². The molecule has 2 atom stereocenters. The number of aliphatic hydroxyl groups excluding tert-OH is 1. The molecule has 1 saturated heterocycles. The smallest absolute Gasteiger partial charge is 0.417 e. The lowest BCUT2D eigenvalue weighted by Crippen LogP contribution is -2.35. The highest BCUT2D eigenvalue weighted by atomic mass is 19.4. The van der Waals surface area contributed by atoms with Crippen LogP contribution in [0.2, 0.25) is 0 Å². The topological polar surface area (TPSA) is 79.2 Å². The largest absolute Gasteiger partial charge is 0.496 e. The lowest BCUT2D eigenvalue weighted by molar-refractivity contribution is -0.142. The zero-order valence-electron chi connectivity index (χ0n) is 21.5. The van der Waals surface area contributed by atoms with Gasteiger partial charge >= 0.3 is 12.1 Å². The van der Waals surface area contributed by atoms with E-state index in [9.17, 15) is 28.2 Å². The fraction of sp³-hybridized carbons (Fsp3) is 0.367. The number of nitrogens with zero attached hydrogens (tertiary/aromatic N) is 1. The molecule has 0 aromatic heterocycles. The van der Waals surface area contributed by atoms with Crippen molar-refractivity contribution in [3.8, 4) is 22.6 Å². The maximum absolute atomic E-state index is 14.3. The second-order valence-corrected chi connectivity index (χ2v) is 10.0. The van der Waals surface area contributed by atoms with Crippen LogP contribution in [0, 0.1) is 0 Å². The Labute approximate surface area is 224 Å². The Hall–Kier alpha value is -3.56. The Balaban J connectivity index is 1.47. The van der Waals surface area contributed by atoms with Crippen molar-refractivity contribution in [2.75, 3.05) is 13.7 Å². The minimum Gasteiger partial charge on any atom is -0.496 e. The first kappa shape index (κ1) is 27.0. The molecule has 9 heteroatoms. The molecular formula is C30H30F3NO5. The molecular weight excluding hydrogens is 511 g/mol. The Bertz CT molecular complexity index is 1360. The molecule has 2 unspecified atom stereocenters. The minimum absolute atomic E-state index is 0.0361. The summed E-state index contributed by atoms with van der Waals surface area (Å²) in [5, 5.41) is 19.7. The number of alkyl halides is 3. The number of hydrogen-bond donors (Lipinski definition) is 2. The first-order valence-corrected chi connectivity index (χ1v) is 12.9. The van der Waals surface area contributed by atoms with Gasteiger partial charge in [0.25, 0.3) is 0 Å². The van der Waals surface area contributed by atoms with Gasteiger partial charge in [0.15, 0.2) is 0 Å². The van der Waals surface area contributed by atoms with E-state index in [0.29, 0.717) is 23.5 Å². The Morgan fingerprint density at radius 2 is 1.79 bits per heavy atom. The van der Waals surface area contributed by atoms with Crippen LogP contribution in [-0.2, 0) is 37.0 Å². The molecule has 1 fully saturated rings. The zero-order valence-corrected chi connectivity index (χ0v) is 21.5. The lowest BCUT2D eigenvalue weighted by Gasteiger charge is -2.25. The Kier molecular flexibility index (Phi) is 7.55. The number of carboxylic acids is 1. The van der Waals surface area contributed by atoms with Gasteiger partial charge in [0.05, 0.1) is 18.8 Å². The van der Waals surface area contributed by atoms with Crippen LogP contribution in [-0.4, -0.2) is 46.9 Å². The number of aliphatic carboxylic acids is 1. The summed E-state index contributed by atoms with van der Waals surface area (Å²) in [5.74, 6) is -0.0249. The van der Waals surface area contributed by atoms with Gasteiger partial charge in [-0.1, -0.05) is 48.5 Å². The number of benzene rings is 3. The molecule has 0 bridgehead atoms. The number of fused-ring (bicyclic) bond motifs is 1. The highest BCUT2D eigenvalue weighted by Gasteiger charge is 2.38. The highest BCUT2D eigenvalue weighted by Crippen LogP contribution is 2.43. The maximum atomic E-state index is 14.3. The first-order valence-electron chi connectivity index (χ1n) is 12.9. The summed E-state index contributed by atoms with van der Waals surface area (Å²) in [4.78, 5) is 13.5. The summed E-state index contributed by atoms with van der Waals surface area (Å²) < 4.78 is 54.6. The van der Waals surface area contributed by atoms with Gasteiger partial charge in [-0.15, -0.1) is 0 Å². The number of ether oxygens (including phenoxy) is 2. The molecule has 6 nitrogen and oxygen atoms in total. The Morgan fingerprint density at radius 3 is 2.49 bits per heavy atom. The van der Waals surface area contributed by atoms with Crippen LogP contribution in [0.5, 0.6) is 11.5 Å². The van der Waals surface area contributed by atoms with Crippen molar-refractivity contribution in [2.24, 2.45) is 0 Å². The van der Waals surface area contributed by atoms with Gasteiger partial charge in [0.2, 0.25) is 0 Å². The number of aliphatic hydroxyl groups is 1. The van der Waals surface area contributed by atoms with Gasteiger partial charge in [0, 0.05) is 36.7 Å². The molecule has 0 amide bonds. The van der Waals surface area contributed by atoms with Crippen molar-refractivity contribution in [1.29, 1.82) is 0 Å². The van der Waals surface area contributed by atoms with E-state index in [-0.39, 0.29) is 37.2 Å². The number of halogens is 3. The Morgan fingerprint density at radius 1 is 1.05 bits per heavy atom. The summed E-state index contributed by atoms with van der Waals surface area (Å²) in [6, 6.07) is 13.9. The quantitative estimate of drug-likeness (QED) is 0.394. The van der Waals surface area contributed by atoms with Gasteiger partial charge in [-0.3, -0.25) is 9.69 Å². The van der Waals surface area contributed by atoms with Gasteiger partial charge in [-0.2, -0.15) is 13.2 Å². The summed E-state index contributed by atoms with van der Waals surface area (Å²) in [6.07, 6.45) is -2.87. The third-order valence-electron chi connectivity index (χ3n) is 7.59. The van der Waals surface area contributed by atoms with Crippen LogP contribution in [0.1, 0.15) is 40.7 Å². The third-order valence-corrected chi connectivity index (χ3v) is 7.59. The molecule has 2 aliphatic rings. The van der Waals surface area contributed by atoms with Crippen molar-refractivity contribution >= 4 is 5.97 Å². The maximum Gasteiger partial charge on any atom is 0.417 e. The molecule has 3 aromatic rings. The summed E-state index contributed by atoms with van der Waals surface area (Å²) in [5.41, 5.74) is 2.61. The number of β-amino-alcohol motifs (C(OH)–C–C–N with tert-alkyl or cyclic N) is 1. The SMILES string of the molecule is COc1cc(OCc2cccc(-c3ccccc3)c2C(F)(F)F)c2c(c1CN1CC(O)CC1C(=O)O)CCC2. The fourth-order valence-corrected chi connectivity index (χ4v) is 5.86. The molecule has 2 N–H and O–H groups in total. The predicted molar refractivity (Wildman–Crippen MR) is 139 cm³/mol. The number of carbonyl (C=O) groups is 1. The number of carboxylic acid groups (broad SMARTS) is 1. The summed E-state index contributed by atoms with van der Waals surface area (Å²) in [7, 11) is 1.50. The molecule has 1 aliphatic heterocycles. The first-order chi connectivity index (χ1) is 18.7. The van der Waals surface area contributed by atoms with Crippen LogP contribution in [0.4, 0.5) is 13.2 Å². The highest BCUT2D eigenvalue weighted by molar-refractivity contribution is 5.74. The number of rotatable bonds is 8. The second kappa shape index (κ2) is 10.9. The third kappa shape index (κ3) is 5.46. The molecule has 1 aliphatic carbocycles. The number of hydrogen-bond acceptors (Lipinski definition) is 5. The molecule has 206 valence electrons. The van der Waals surface area contributed by atoms with Crippen LogP contribution >= 0.6 is 0 Å². The molecule has 0 radical (unpaired) electrons. The van der Waals surface area contributed by atoms with Gasteiger partial charge < -0.3 is 19.7 Å². The van der Waals surface area contributed by atoms with E-state index in [4.69, 9.17) is 9.47 Å². The normalized spacial score (nSPS) is 19.2. The number of methoxy groups -OCH3 is 1. The molecule has 0 spiro atoms. The van der Waals surface area contributed by atoms with Crippen LogP contribution in [0.25, 0.3) is 11.1 Å². The van der Waals surface area contributed by atoms with Crippen molar-refractivity contribution in [1.82, 2.24) is 4.90 Å². The van der Waals surface area contributed by atoms with Crippen LogP contribution in [0.3, 0.4) is 0 Å². The summed E-state index contributed by atoms with van der Waals surface area (Å²) >= 11 is 0. The van der Waals surface area contributed by atoms with Crippen molar-refractivity contribution in [3.63, 3.8) is 0 Å². The van der Waals surface area contributed by atoms with E-state index in [1.807, 2.05) is 0 Å². The van der Waals surface area contributed by atoms with Gasteiger partial charge in [-0.05, 0) is 41.5 Å². The average molecular weight is 542 g/mol. The van der Waals surface area contributed by atoms with Gasteiger partial charge in [-0.25, -0.2) is 0 Å². The van der Waals surface area contributed by atoms with Crippen LogP contribution < -0.4 is 9.47 Å². The zero-order chi connectivity index (χ0) is 27.7. The summed E-state index contributed by atoms with van der Waals surface area (Å²) in [6.45, 7) is 0.256. The minimum atomic E-state index is -4.57. The van der Waals surface area contributed by atoms with E-state index in [2.05, 4.69) is 0 Å². The van der Waals surface area contributed by atoms with Crippen LogP contribution in [0.15, 0.2) is 54.6 Å². The van der Waals surface area contributed by atoms with E-state index < -0.39 is 29.9 Å². The van der Waals surface area contributed by atoms with Crippen molar-refractivity contribution in [3.05, 3.63) is 82.4 Å². The van der Waals surface area contributed by atoms with E-state index in [1.165, 1.54) is 19.2 Å². The average Bonchev–Trinajstić information content (AvgIpc) is 3.55. The predicted octanol–water partition coefficient (Wildman–Crippen LogP) is 5.47. The monoisotopic (exact) mass is 541 g/mol. The van der Waals surface area contributed by atoms with E-state index >= 15 is 0 Å². The lowest BCUT2D eigenvalue weighted by atomic mass is 9.95. The molecule has 0 saturated carbocycles. The number of likely N-dealkylation sites (tertiary alicyclic amines) is 1. The second-order valence-electron chi connectivity index (χ2n) is 10.0. The van der Waals surface area contributed by atoms with E-state index in [1.54, 1.807) is 47.4 Å². The molecule has 3 aromatic carbocycles. The van der Waals surface area contributed by atoms with Gasteiger partial charge in [0.1, 0.15) is 24.1 Å². The molecule has 1 heterocycles. The fourth-order valence-electron chi connectivity index (χ4n) is 5.86. The van der Waals surface area contributed by atoms with Crippen molar-refractivity contribution in [2.45, 2.75) is 57.2 Å². The van der Waals surface area contributed by atoms with Crippen molar-refractivity contribution < 1.29 is 37.7 Å². The standard InChI is InChI=1S/C30H30F3NO5/c1-38-26-14-27(23-12-6-11-22(23)24(26)16-34-15-20(35)13-25(34)29(36)37)39-17-19-9-5-10-21(28(19)30(31,32)33)18-7-3-2-4-8-18/h2-5,7-10,14,20,25,35H,6,11-13,15-17H2,1H3,(H,36,37). The molecule has 39 heavy (non-hydrogen) atoms. The molecule has 5 rings (SSSR count).